The van der Waals surface area contributed by atoms with Crippen LogP contribution in [0, 0.1) is 10.1 Å². The van der Waals surface area contributed by atoms with Gasteiger partial charge in [0, 0.05) is 17.4 Å². The minimum atomic E-state index is -0.415. The van der Waals surface area contributed by atoms with Gasteiger partial charge in [-0.15, -0.1) is 0 Å². The molecule has 0 heterocycles. The Balaban J connectivity index is 2.03. The second-order valence-electron chi connectivity index (χ2n) is 4.05. The van der Waals surface area contributed by atoms with Crippen LogP contribution in [0.3, 0.4) is 0 Å². The molecule has 17 heavy (non-hydrogen) atoms. The Morgan fingerprint density at radius 3 is 2.76 bits per heavy atom. The zero-order chi connectivity index (χ0) is 12.3. The summed E-state index contributed by atoms with van der Waals surface area (Å²) in [5.74, 6) is 0. The highest BCUT2D eigenvalue weighted by Crippen LogP contribution is 2.33. The van der Waals surface area contributed by atoms with E-state index in [1.54, 1.807) is 18.0 Å². The van der Waals surface area contributed by atoms with E-state index in [4.69, 9.17) is 11.6 Å². The lowest BCUT2D eigenvalue weighted by Crippen LogP contribution is -2.00. The second-order valence-corrected chi connectivity index (χ2v) is 5.56. The van der Waals surface area contributed by atoms with E-state index in [-0.39, 0.29) is 5.69 Å². The molecule has 6 heteroatoms. The van der Waals surface area contributed by atoms with E-state index in [1.165, 1.54) is 37.8 Å². The topological polar surface area (TPSA) is 55.2 Å². The number of benzene rings is 1. The first-order valence-electron chi connectivity index (χ1n) is 5.52. The van der Waals surface area contributed by atoms with Crippen molar-refractivity contribution < 1.29 is 4.92 Å². The van der Waals surface area contributed by atoms with Gasteiger partial charge in [-0.05, 0) is 30.9 Å². The predicted octanol–water partition coefficient (Wildman–Crippen LogP) is 4.25. The highest BCUT2D eigenvalue weighted by atomic mass is 35.5. The summed E-state index contributed by atoms with van der Waals surface area (Å²) in [6.07, 6.45) is 4.93. The number of hydrogen-bond donors (Lipinski definition) is 1. The van der Waals surface area contributed by atoms with Crippen LogP contribution < -0.4 is 4.72 Å². The van der Waals surface area contributed by atoms with Crippen molar-refractivity contribution in [1.82, 2.24) is 0 Å². The maximum atomic E-state index is 10.7. The van der Waals surface area contributed by atoms with Crippen LogP contribution in [0.25, 0.3) is 0 Å². The summed E-state index contributed by atoms with van der Waals surface area (Å²) < 4.78 is 3.13. The SMILES string of the molecule is O=[N+]([O-])c1ccc(Cl)c(NSC2CCCC2)c1. The smallest absolute Gasteiger partial charge is 0.271 e. The van der Waals surface area contributed by atoms with Gasteiger partial charge in [-0.3, -0.25) is 10.1 Å². The molecular weight excluding hydrogens is 260 g/mol. The third-order valence-electron chi connectivity index (χ3n) is 2.80. The Morgan fingerprint density at radius 2 is 2.12 bits per heavy atom. The number of anilines is 1. The quantitative estimate of drug-likeness (QED) is 0.506. The van der Waals surface area contributed by atoms with Crippen molar-refractivity contribution >= 4 is 34.9 Å². The molecule has 4 nitrogen and oxygen atoms in total. The Bertz CT molecular complexity index is 422. The second kappa shape index (κ2) is 5.60. The Hall–Kier alpha value is -0.940. The summed E-state index contributed by atoms with van der Waals surface area (Å²) in [5.41, 5.74) is 0.682. The standard InChI is InChI=1S/C11H13ClN2O2S/c12-10-6-5-8(14(15)16)7-11(10)13-17-9-3-1-2-4-9/h5-7,9,13H,1-4H2. The van der Waals surface area contributed by atoms with E-state index in [2.05, 4.69) is 4.72 Å². The van der Waals surface area contributed by atoms with Gasteiger partial charge in [-0.1, -0.05) is 24.4 Å². The summed E-state index contributed by atoms with van der Waals surface area (Å²) in [6.45, 7) is 0. The first-order valence-corrected chi connectivity index (χ1v) is 6.78. The number of rotatable bonds is 4. The first kappa shape index (κ1) is 12.5. The van der Waals surface area contributed by atoms with Crippen molar-refractivity contribution in [2.24, 2.45) is 0 Å². The first-order chi connectivity index (χ1) is 8.16. The molecule has 1 aliphatic carbocycles. The van der Waals surface area contributed by atoms with Crippen molar-refractivity contribution in [3.8, 4) is 0 Å². The number of non-ortho nitro benzene ring substituents is 1. The highest BCUT2D eigenvalue weighted by Gasteiger charge is 2.17. The van der Waals surface area contributed by atoms with Crippen molar-refractivity contribution in [3.05, 3.63) is 33.3 Å². The fourth-order valence-electron chi connectivity index (χ4n) is 1.86. The molecular formula is C11H13ClN2O2S. The molecule has 0 saturated heterocycles. The summed E-state index contributed by atoms with van der Waals surface area (Å²) in [7, 11) is 0. The summed E-state index contributed by atoms with van der Waals surface area (Å²) in [5, 5.41) is 11.8. The molecule has 0 aromatic heterocycles. The molecule has 92 valence electrons. The molecule has 0 spiro atoms. The maximum Gasteiger partial charge on any atom is 0.271 e. The third-order valence-corrected chi connectivity index (χ3v) is 4.27. The molecule has 1 aromatic carbocycles. The lowest BCUT2D eigenvalue weighted by atomic mass is 10.3. The van der Waals surface area contributed by atoms with Gasteiger partial charge in [-0.25, -0.2) is 0 Å². The van der Waals surface area contributed by atoms with E-state index < -0.39 is 4.92 Å². The molecule has 1 saturated carbocycles. The van der Waals surface area contributed by atoms with Gasteiger partial charge in [0.1, 0.15) is 0 Å². The average molecular weight is 273 g/mol. The molecule has 1 N–H and O–H groups in total. The summed E-state index contributed by atoms with van der Waals surface area (Å²) in [6, 6.07) is 4.44. The molecule has 0 unspecified atom stereocenters. The normalized spacial score (nSPS) is 16.1. The number of nitro benzene ring substituents is 1. The van der Waals surface area contributed by atoms with Gasteiger partial charge in [0.2, 0.25) is 0 Å². The lowest BCUT2D eigenvalue weighted by molar-refractivity contribution is -0.384. The zero-order valence-electron chi connectivity index (χ0n) is 9.19. The summed E-state index contributed by atoms with van der Waals surface area (Å²) >= 11 is 7.60. The lowest BCUT2D eigenvalue weighted by Gasteiger charge is -2.11. The third kappa shape index (κ3) is 3.26. The number of nitrogens with zero attached hydrogens (tertiary/aromatic N) is 1. The Morgan fingerprint density at radius 1 is 1.41 bits per heavy atom. The van der Waals surface area contributed by atoms with Crippen LogP contribution in [0.1, 0.15) is 25.7 Å². The number of nitrogens with one attached hydrogen (secondary N) is 1. The van der Waals surface area contributed by atoms with Gasteiger partial charge in [0.15, 0.2) is 0 Å². The van der Waals surface area contributed by atoms with Crippen LogP contribution in [0.2, 0.25) is 5.02 Å². The van der Waals surface area contributed by atoms with Crippen LogP contribution in [-0.4, -0.2) is 10.2 Å². The largest absolute Gasteiger partial charge is 0.328 e. The number of hydrogen-bond acceptors (Lipinski definition) is 4. The van der Waals surface area contributed by atoms with E-state index in [0.29, 0.717) is 16.0 Å². The van der Waals surface area contributed by atoms with E-state index in [0.717, 1.165) is 0 Å². The average Bonchev–Trinajstić information content (AvgIpc) is 2.80. The van der Waals surface area contributed by atoms with E-state index >= 15 is 0 Å². The fraction of sp³-hybridized carbons (Fsp3) is 0.455. The van der Waals surface area contributed by atoms with Gasteiger partial charge >= 0.3 is 0 Å². The highest BCUT2D eigenvalue weighted by molar-refractivity contribution is 8.01. The van der Waals surface area contributed by atoms with Crippen LogP contribution >= 0.6 is 23.5 Å². The molecule has 0 aliphatic heterocycles. The number of halogens is 1. The van der Waals surface area contributed by atoms with E-state index in [9.17, 15) is 10.1 Å². The minimum absolute atomic E-state index is 0.0592. The zero-order valence-corrected chi connectivity index (χ0v) is 10.8. The van der Waals surface area contributed by atoms with Crippen molar-refractivity contribution in [2.45, 2.75) is 30.9 Å². The van der Waals surface area contributed by atoms with E-state index in [1.807, 2.05) is 0 Å². The molecule has 0 atom stereocenters. The van der Waals surface area contributed by atoms with Gasteiger partial charge < -0.3 is 4.72 Å². The van der Waals surface area contributed by atoms with Crippen LogP contribution in [0.5, 0.6) is 0 Å². The molecule has 0 bridgehead atoms. The predicted molar refractivity (Wildman–Crippen MR) is 71.6 cm³/mol. The summed E-state index contributed by atoms with van der Waals surface area (Å²) in [4.78, 5) is 10.2. The molecule has 0 amide bonds. The molecule has 0 radical (unpaired) electrons. The molecule has 1 aliphatic rings. The monoisotopic (exact) mass is 272 g/mol. The van der Waals surface area contributed by atoms with Crippen molar-refractivity contribution in [3.63, 3.8) is 0 Å². The fourth-order valence-corrected chi connectivity index (χ4v) is 3.11. The molecule has 2 rings (SSSR count). The van der Waals surface area contributed by atoms with Gasteiger partial charge in [0.25, 0.3) is 5.69 Å². The van der Waals surface area contributed by atoms with Gasteiger partial charge in [-0.2, -0.15) is 0 Å². The van der Waals surface area contributed by atoms with Crippen molar-refractivity contribution in [2.75, 3.05) is 4.72 Å². The molecule has 1 aromatic rings. The minimum Gasteiger partial charge on any atom is -0.328 e. The van der Waals surface area contributed by atoms with Crippen LogP contribution in [0.15, 0.2) is 18.2 Å². The maximum absolute atomic E-state index is 10.7. The van der Waals surface area contributed by atoms with Crippen LogP contribution in [0.4, 0.5) is 11.4 Å². The number of nitro groups is 1. The van der Waals surface area contributed by atoms with Crippen molar-refractivity contribution in [1.29, 1.82) is 0 Å². The van der Waals surface area contributed by atoms with Crippen LogP contribution in [-0.2, 0) is 0 Å². The Labute approximate surface area is 109 Å². The Kier molecular flexibility index (Phi) is 4.12. The van der Waals surface area contributed by atoms with Gasteiger partial charge in [0.05, 0.1) is 15.6 Å². The molecule has 1 fully saturated rings.